The van der Waals surface area contributed by atoms with E-state index in [0.29, 0.717) is 13.1 Å². The fourth-order valence-corrected chi connectivity index (χ4v) is 2.45. The summed E-state index contributed by atoms with van der Waals surface area (Å²) in [6.07, 6.45) is 0.889. The SMILES string of the molecule is N#Cc1cc(N2CCC(CC(=O)O)C2)ccc1[N+](=O)[O-]. The topological polar surface area (TPSA) is 107 Å². The highest BCUT2D eigenvalue weighted by Gasteiger charge is 2.26. The highest BCUT2D eigenvalue weighted by atomic mass is 16.6. The average Bonchev–Trinajstić information content (AvgIpc) is 2.85. The molecule has 0 spiro atoms. The molecule has 20 heavy (non-hydrogen) atoms. The summed E-state index contributed by atoms with van der Waals surface area (Å²) in [4.78, 5) is 22.8. The number of aliphatic carboxylic acids is 1. The number of carboxylic acid groups (broad SMARTS) is 1. The van der Waals surface area contributed by atoms with E-state index in [-0.39, 0.29) is 23.6 Å². The second-order valence-corrected chi connectivity index (χ2v) is 4.77. The number of anilines is 1. The Morgan fingerprint density at radius 2 is 2.35 bits per heavy atom. The number of nitro benzene ring substituents is 1. The molecular formula is C13H13N3O4. The molecule has 0 radical (unpaired) electrons. The van der Waals surface area contributed by atoms with Crippen LogP contribution in [0, 0.1) is 27.4 Å². The molecule has 1 aliphatic heterocycles. The zero-order chi connectivity index (χ0) is 14.7. The van der Waals surface area contributed by atoms with Crippen LogP contribution in [0.2, 0.25) is 0 Å². The number of rotatable bonds is 4. The standard InChI is InChI=1S/C13H13N3O4/c14-7-10-6-11(1-2-12(10)16(19)20)15-4-3-9(8-15)5-13(17)18/h1-2,6,9H,3-5,8H2,(H,17,18). The number of hydrogen-bond acceptors (Lipinski definition) is 5. The van der Waals surface area contributed by atoms with E-state index in [4.69, 9.17) is 10.4 Å². The van der Waals surface area contributed by atoms with Gasteiger partial charge in [0, 0.05) is 31.3 Å². The Hall–Kier alpha value is -2.62. The molecule has 1 unspecified atom stereocenters. The third kappa shape index (κ3) is 2.85. The van der Waals surface area contributed by atoms with Crippen molar-refractivity contribution in [2.24, 2.45) is 5.92 Å². The molecule has 1 atom stereocenters. The van der Waals surface area contributed by atoms with Crippen molar-refractivity contribution in [3.63, 3.8) is 0 Å². The van der Waals surface area contributed by atoms with Gasteiger partial charge in [0.1, 0.15) is 11.6 Å². The lowest BCUT2D eigenvalue weighted by Gasteiger charge is -2.18. The van der Waals surface area contributed by atoms with Crippen LogP contribution < -0.4 is 4.90 Å². The highest BCUT2D eigenvalue weighted by molar-refractivity contribution is 5.67. The van der Waals surface area contributed by atoms with Crippen molar-refractivity contribution in [2.75, 3.05) is 18.0 Å². The summed E-state index contributed by atoms with van der Waals surface area (Å²) in [5.41, 5.74) is 0.534. The highest BCUT2D eigenvalue weighted by Crippen LogP contribution is 2.29. The van der Waals surface area contributed by atoms with Gasteiger partial charge < -0.3 is 10.0 Å². The van der Waals surface area contributed by atoms with Crippen molar-refractivity contribution >= 4 is 17.3 Å². The Morgan fingerprint density at radius 3 is 2.95 bits per heavy atom. The number of hydrogen-bond donors (Lipinski definition) is 1. The molecule has 104 valence electrons. The smallest absolute Gasteiger partial charge is 0.303 e. The van der Waals surface area contributed by atoms with Gasteiger partial charge in [0.15, 0.2) is 0 Å². The molecule has 0 aromatic heterocycles. The predicted octanol–water partition coefficient (Wildman–Crippen LogP) is 1.77. The van der Waals surface area contributed by atoms with Crippen LogP contribution >= 0.6 is 0 Å². The van der Waals surface area contributed by atoms with Crippen molar-refractivity contribution in [1.82, 2.24) is 0 Å². The van der Waals surface area contributed by atoms with Crippen LogP contribution in [-0.4, -0.2) is 29.1 Å². The third-order valence-corrected chi connectivity index (χ3v) is 3.41. The quantitative estimate of drug-likeness (QED) is 0.662. The summed E-state index contributed by atoms with van der Waals surface area (Å²) >= 11 is 0. The average molecular weight is 275 g/mol. The monoisotopic (exact) mass is 275 g/mol. The number of benzene rings is 1. The van der Waals surface area contributed by atoms with E-state index in [9.17, 15) is 14.9 Å². The number of carboxylic acids is 1. The van der Waals surface area contributed by atoms with Gasteiger partial charge in [-0.2, -0.15) is 5.26 Å². The van der Waals surface area contributed by atoms with Crippen LogP contribution in [0.5, 0.6) is 0 Å². The molecule has 1 aliphatic rings. The summed E-state index contributed by atoms with van der Waals surface area (Å²) in [7, 11) is 0. The summed E-state index contributed by atoms with van der Waals surface area (Å²) in [6, 6.07) is 6.23. The first-order valence-corrected chi connectivity index (χ1v) is 6.16. The second-order valence-electron chi connectivity index (χ2n) is 4.77. The minimum absolute atomic E-state index is 0.0224. The summed E-state index contributed by atoms with van der Waals surface area (Å²) in [5.74, 6) is -0.744. The Balaban J connectivity index is 2.17. The van der Waals surface area contributed by atoms with Gasteiger partial charge in [0.25, 0.3) is 5.69 Å². The zero-order valence-electron chi connectivity index (χ0n) is 10.7. The first kappa shape index (κ1) is 13.8. The number of nitrogens with zero attached hydrogens (tertiary/aromatic N) is 3. The Morgan fingerprint density at radius 1 is 1.60 bits per heavy atom. The molecule has 2 rings (SSSR count). The van der Waals surface area contributed by atoms with Crippen molar-refractivity contribution in [1.29, 1.82) is 5.26 Å². The van der Waals surface area contributed by atoms with Crippen LogP contribution in [0.1, 0.15) is 18.4 Å². The molecule has 7 nitrogen and oxygen atoms in total. The summed E-state index contributed by atoms with van der Waals surface area (Å²) in [5, 5.41) is 28.5. The van der Waals surface area contributed by atoms with Gasteiger partial charge in [0.05, 0.1) is 4.92 Å². The minimum atomic E-state index is -0.821. The van der Waals surface area contributed by atoms with Gasteiger partial charge in [-0.15, -0.1) is 0 Å². The molecule has 1 fully saturated rings. The second kappa shape index (κ2) is 5.57. The normalized spacial score (nSPS) is 17.8. The first-order chi connectivity index (χ1) is 9.51. The molecule has 7 heteroatoms. The number of nitro groups is 1. The lowest BCUT2D eigenvalue weighted by molar-refractivity contribution is -0.385. The Kier molecular flexibility index (Phi) is 3.84. The van der Waals surface area contributed by atoms with E-state index in [1.807, 2.05) is 11.0 Å². The van der Waals surface area contributed by atoms with E-state index < -0.39 is 10.9 Å². The van der Waals surface area contributed by atoms with Crippen LogP contribution in [0.3, 0.4) is 0 Å². The van der Waals surface area contributed by atoms with Crippen molar-refractivity contribution in [3.05, 3.63) is 33.9 Å². The van der Waals surface area contributed by atoms with Gasteiger partial charge in [-0.25, -0.2) is 0 Å². The number of nitriles is 1. The van der Waals surface area contributed by atoms with Gasteiger partial charge in [-0.1, -0.05) is 0 Å². The Bertz CT molecular complexity index is 594. The summed E-state index contributed by atoms with van der Waals surface area (Å²) in [6.45, 7) is 1.29. The molecule has 0 bridgehead atoms. The molecule has 0 saturated carbocycles. The van der Waals surface area contributed by atoms with E-state index in [1.54, 1.807) is 6.07 Å². The maximum atomic E-state index is 10.8. The first-order valence-electron chi connectivity index (χ1n) is 6.16. The van der Waals surface area contributed by atoms with E-state index in [1.165, 1.54) is 12.1 Å². The maximum Gasteiger partial charge on any atom is 0.303 e. The van der Waals surface area contributed by atoms with Crippen LogP contribution in [0.4, 0.5) is 11.4 Å². The molecule has 1 aromatic rings. The van der Waals surface area contributed by atoms with E-state index in [0.717, 1.165) is 12.1 Å². The largest absolute Gasteiger partial charge is 0.481 e. The van der Waals surface area contributed by atoms with Crippen LogP contribution in [0.25, 0.3) is 0 Å². The lowest BCUT2D eigenvalue weighted by Crippen LogP contribution is -2.20. The molecule has 0 aliphatic carbocycles. The fourth-order valence-electron chi connectivity index (χ4n) is 2.45. The molecule has 1 heterocycles. The molecule has 0 amide bonds. The molecule has 1 saturated heterocycles. The molecular weight excluding hydrogens is 262 g/mol. The van der Waals surface area contributed by atoms with Gasteiger partial charge in [-0.05, 0) is 24.5 Å². The van der Waals surface area contributed by atoms with Gasteiger partial charge in [-0.3, -0.25) is 14.9 Å². The van der Waals surface area contributed by atoms with Crippen molar-refractivity contribution in [3.8, 4) is 6.07 Å². The number of carbonyl (C=O) groups is 1. The van der Waals surface area contributed by atoms with Gasteiger partial charge in [0.2, 0.25) is 0 Å². The van der Waals surface area contributed by atoms with E-state index in [2.05, 4.69) is 0 Å². The van der Waals surface area contributed by atoms with Gasteiger partial charge >= 0.3 is 5.97 Å². The third-order valence-electron chi connectivity index (χ3n) is 3.41. The fraction of sp³-hybridized carbons (Fsp3) is 0.385. The zero-order valence-corrected chi connectivity index (χ0v) is 10.7. The van der Waals surface area contributed by atoms with Crippen molar-refractivity contribution in [2.45, 2.75) is 12.8 Å². The van der Waals surface area contributed by atoms with E-state index >= 15 is 0 Å². The molecule has 1 N–H and O–H groups in total. The minimum Gasteiger partial charge on any atom is -0.481 e. The summed E-state index contributed by atoms with van der Waals surface area (Å²) < 4.78 is 0. The maximum absolute atomic E-state index is 10.8. The molecule has 1 aromatic carbocycles. The van der Waals surface area contributed by atoms with Crippen LogP contribution in [-0.2, 0) is 4.79 Å². The van der Waals surface area contributed by atoms with Crippen molar-refractivity contribution < 1.29 is 14.8 Å². The lowest BCUT2D eigenvalue weighted by atomic mass is 10.1. The predicted molar refractivity (Wildman–Crippen MR) is 70.4 cm³/mol. The van der Waals surface area contributed by atoms with Crippen LogP contribution in [0.15, 0.2) is 18.2 Å². The Labute approximate surface area is 115 Å².